The Kier molecular flexibility index (Phi) is 4.71. The maximum absolute atomic E-state index is 14.3. The molecule has 2 aliphatic heterocycles. The van der Waals surface area contributed by atoms with Crippen molar-refractivity contribution in [1.29, 1.82) is 0 Å². The van der Waals surface area contributed by atoms with Crippen LogP contribution in [0.4, 0.5) is 16.2 Å². The number of anilines is 2. The van der Waals surface area contributed by atoms with Crippen LogP contribution in [0.25, 0.3) is 0 Å². The number of hydrogen-bond donors (Lipinski definition) is 0. The van der Waals surface area contributed by atoms with E-state index < -0.39 is 5.82 Å². The third-order valence-corrected chi connectivity index (χ3v) is 4.79. The quantitative estimate of drug-likeness (QED) is 0.820. The number of aromatic nitrogens is 4. The molecule has 0 amide bonds. The molecule has 140 valence electrons. The SMILES string of the molecule is CC(C)c1noc([C@@H]2CCCN2c2ncc(F)c(N3CCOCC3)n2)n1. The molecular weight excluding hydrogens is 339 g/mol. The van der Waals surface area contributed by atoms with Crippen LogP contribution >= 0.6 is 0 Å². The summed E-state index contributed by atoms with van der Waals surface area (Å²) in [6.07, 6.45) is 3.10. The number of halogens is 1. The molecule has 2 aromatic heterocycles. The maximum Gasteiger partial charge on any atom is 0.249 e. The molecule has 9 heteroatoms. The van der Waals surface area contributed by atoms with Crippen molar-refractivity contribution in [3.8, 4) is 0 Å². The van der Waals surface area contributed by atoms with E-state index in [2.05, 4.69) is 20.1 Å². The summed E-state index contributed by atoms with van der Waals surface area (Å²) >= 11 is 0. The molecule has 0 N–H and O–H groups in total. The lowest BCUT2D eigenvalue weighted by molar-refractivity contribution is 0.122. The van der Waals surface area contributed by atoms with E-state index in [1.807, 2.05) is 23.6 Å². The molecule has 0 spiro atoms. The number of ether oxygens (including phenoxy) is 1. The zero-order valence-electron chi connectivity index (χ0n) is 15.1. The Bertz CT molecular complexity index is 761. The van der Waals surface area contributed by atoms with E-state index in [0.29, 0.717) is 49.8 Å². The van der Waals surface area contributed by atoms with Crippen LogP contribution in [0, 0.1) is 5.82 Å². The van der Waals surface area contributed by atoms with E-state index in [-0.39, 0.29) is 12.0 Å². The zero-order valence-corrected chi connectivity index (χ0v) is 15.1. The van der Waals surface area contributed by atoms with Gasteiger partial charge in [-0.05, 0) is 12.8 Å². The molecule has 0 aromatic carbocycles. The van der Waals surface area contributed by atoms with Gasteiger partial charge in [0.15, 0.2) is 17.5 Å². The Morgan fingerprint density at radius 3 is 2.73 bits per heavy atom. The monoisotopic (exact) mass is 362 g/mol. The van der Waals surface area contributed by atoms with Crippen molar-refractivity contribution in [3.63, 3.8) is 0 Å². The van der Waals surface area contributed by atoms with Crippen LogP contribution in [0.1, 0.15) is 50.4 Å². The number of morpholine rings is 1. The Balaban J connectivity index is 1.61. The highest BCUT2D eigenvalue weighted by atomic mass is 19.1. The molecule has 0 aliphatic carbocycles. The van der Waals surface area contributed by atoms with E-state index in [4.69, 9.17) is 9.26 Å². The lowest BCUT2D eigenvalue weighted by Gasteiger charge is -2.29. The Morgan fingerprint density at radius 1 is 1.19 bits per heavy atom. The highest BCUT2D eigenvalue weighted by molar-refractivity contribution is 5.46. The van der Waals surface area contributed by atoms with Crippen molar-refractivity contribution >= 4 is 11.8 Å². The molecule has 0 bridgehead atoms. The molecule has 2 aromatic rings. The Hall–Kier alpha value is -2.29. The van der Waals surface area contributed by atoms with Crippen LogP contribution < -0.4 is 9.80 Å². The van der Waals surface area contributed by atoms with Gasteiger partial charge in [-0.3, -0.25) is 0 Å². The second-order valence-electron chi connectivity index (χ2n) is 6.94. The average Bonchev–Trinajstić information content (AvgIpc) is 3.32. The zero-order chi connectivity index (χ0) is 18.1. The van der Waals surface area contributed by atoms with Gasteiger partial charge in [0.1, 0.15) is 6.04 Å². The van der Waals surface area contributed by atoms with E-state index in [1.54, 1.807) is 0 Å². The van der Waals surface area contributed by atoms with Crippen molar-refractivity contribution in [1.82, 2.24) is 20.1 Å². The predicted octanol–water partition coefficient (Wildman–Crippen LogP) is 2.30. The summed E-state index contributed by atoms with van der Waals surface area (Å²) < 4.78 is 25.1. The van der Waals surface area contributed by atoms with Crippen LogP contribution in [0.5, 0.6) is 0 Å². The Morgan fingerprint density at radius 2 is 2.00 bits per heavy atom. The summed E-state index contributed by atoms with van der Waals surface area (Å²) in [5, 5.41) is 4.06. The molecule has 2 aliphatic rings. The first-order chi connectivity index (χ1) is 12.6. The number of nitrogens with zero attached hydrogens (tertiary/aromatic N) is 6. The first-order valence-electron chi connectivity index (χ1n) is 9.09. The molecule has 1 atom stereocenters. The van der Waals surface area contributed by atoms with Crippen LogP contribution in [0.15, 0.2) is 10.7 Å². The van der Waals surface area contributed by atoms with Gasteiger partial charge in [-0.1, -0.05) is 19.0 Å². The van der Waals surface area contributed by atoms with Crippen molar-refractivity contribution < 1.29 is 13.7 Å². The summed E-state index contributed by atoms with van der Waals surface area (Å²) in [5.74, 6) is 1.90. The van der Waals surface area contributed by atoms with Gasteiger partial charge in [0.2, 0.25) is 11.8 Å². The second kappa shape index (κ2) is 7.14. The second-order valence-corrected chi connectivity index (χ2v) is 6.94. The first-order valence-corrected chi connectivity index (χ1v) is 9.09. The predicted molar refractivity (Wildman–Crippen MR) is 92.7 cm³/mol. The minimum atomic E-state index is -0.411. The van der Waals surface area contributed by atoms with E-state index >= 15 is 0 Å². The molecule has 0 radical (unpaired) electrons. The van der Waals surface area contributed by atoms with Gasteiger partial charge in [0.05, 0.1) is 19.4 Å². The highest BCUT2D eigenvalue weighted by Gasteiger charge is 2.33. The minimum absolute atomic E-state index is 0.0713. The standard InChI is InChI=1S/C17H23FN6O2/c1-11(2)14-20-16(26-22-14)13-4-3-5-24(13)17-19-10-12(18)15(21-17)23-6-8-25-9-7-23/h10-11,13H,3-9H2,1-2H3/t13-/m0/s1. The minimum Gasteiger partial charge on any atom is -0.378 e. The van der Waals surface area contributed by atoms with Crippen LogP contribution in [-0.2, 0) is 4.74 Å². The fraction of sp³-hybridized carbons (Fsp3) is 0.647. The van der Waals surface area contributed by atoms with E-state index in [9.17, 15) is 4.39 Å². The fourth-order valence-electron chi connectivity index (χ4n) is 3.36. The summed E-state index contributed by atoms with van der Waals surface area (Å²) in [6, 6.07) is -0.0713. The molecular formula is C17H23FN6O2. The smallest absolute Gasteiger partial charge is 0.249 e. The summed E-state index contributed by atoms with van der Waals surface area (Å²) in [5.41, 5.74) is 0. The van der Waals surface area contributed by atoms with Crippen molar-refractivity contribution in [2.45, 2.75) is 38.6 Å². The molecule has 4 heterocycles. The normalized spacial score (nSPS) is 21.0. The molecule has 26 heavy (non-hydrogen) atoms. The van der Waals surface area contributed by atoms with Crippen LogP contribution in [0.3, 0.4) is 0 Å². The van der Waals surface area contributed by atoms with Gasteiger partial charge in [-0.25, -0.2) is 9.37 Å². The third kappa shape index (κ3) is 3.23. The van der Waals surface area contributed by atoms with Gasteiger partial charge in [0.25, 0.3) is 0 Å². The molecule has 2 fully saturated rings. The Labute approximate surface area is 151 Å². The van der Waals surface area contributed by atoms with Gasteiger partial charge in [0, 0.05) is 25.6 Å². The maximum atomic E-state index is 14.3. The average molecular weight is 362 g/mol. The lowest BCUT2D eigenvalue weighted by atomic mass is 10.2. The van der Waals surface area contributed by atoms with Gasteiger partial charge in [-0.2, -0.15) is 9.97 Å². The lowest BCUT2D eigenvalue weighted by Crippen LogP contribution is -2.38. The van der Waals surface area contributed by atoms with Crippen molar-refractivity contribution in [2.24, 2.45) is 0 Å². The molecule has 0 saturated carbocycles. The van der Waals surface area contributed by atoms with Gasteiger partial charge in [-0.15, -0.1) is 0 Å². The topological polar surface area (TPSA) is 80.4 Å². The van der Waals surface area contributed by atoms with Crippen LogP contribution in [0.2, 0.25) is 0 Å². The number of hydrogen-bond acceptors (Lipinski definition) is 8. The number of rotatable bonds is 4. The molecule has 8 nitrogen and oxygen atoms in total. The summed E-state index contributed by atoms with van der Waals surface area (Å²) in [7, 11) is 0. The largest absolute Gasteiger partial charge is 0.378 e. The van der Waals surface area contributed by atoms with Crippen molar-refractivity contribution in [2.75, 3.05) is 42.6 Å². The highest BCUT2D eigenvalue weighted by Crippen LogP contribution is 2.35. The van der Waals surface area contributed by atoms with E-state index in [1.165, 1.54) is 6.20 Å². The molecule has 4 rings (SSSR count). The fourth-order valence-corrected chi connectivity index (χ4v) is 3.36. The summed E-state index contributed by atoms with van der Waals surface area (Å²) in [4.78, 5) is 17.2. The molecule has 0 unspecified atom stereocenters. The first kappa shape index (κ1) is 17.1. The van der Waals surface area contributed by atoms with Crippen molar-refractivity contribution in [3.05, 3.63) is 23.7 Å². The molecule has 2 saturated heterocycles. The van der Waals surface area contributed by atoms with Gasteiger partial charge < -0.3 is 19.1 Å². The summed E-state index contributed by atoms with van der Waals surface area (Å²) in [6.45, 7) is 7.22. The third-order valence-electron chi connectivity index (χ3n) is 4.79. The van der Waals surface area contributed by atoms with Gasteiger partial charge >= 0.3 is 0 Å². The van der Waals surface area contributed by atoms with E-state index in [0.717, 1.165) is 19.4 Å². The van der Waals surface area contributed by atoms with Crippen LogP contribution in [-0.4, -0.2) is 53.0 Å².